The average molecular weight is 223 g/mol. The van der Waals surface area contributed by atoms with Gasteiger partial charge in [0.15, 0.2) is 0 Å². The molecule has 0 saturated heterocycles. The van der Waals surface area contributed by atoms with Crippen molar-refractivity contribution in [1.29, 1.82) is 0 Å². The molecular formula is C9H13N5S. The molecule has 2 aromatic rings. The lowest BCUT2D eigenvalue weighted by molar-refractivity contribution is 0.541. The van der Waals surface area contributed by atoms with Crippen molar-refractivity contribution in [1.82, 2.24) is 20.0 Å². The Kier molecular flexibility index (Phi) is 3.08. The Labute approximate surface area is 91.9 Å². The summed E-state index contributed by atoms with van der Waals surface area (Å²) in [5, 5.41) is 9.83. The molecule has 80 valence electrons. The second-order valence-electron chi connectivity index (χ2n) is 3.27. The van der Waals surface area contributed by atoms with Crippen molar-refractivity contribution in [2.45, 2.75) is 25.9 Å². The van der Waals surface area contributed by atoms with Gasteiger partial charge in [0.2, 0.25) is 0 Å². The van der Waals surface area contributed by atoms with Crippen LogP contribution in [0.15, 0.2) is 17.1 Å². The number of thiazole rings is 1. The van der Waals surface area contributed by atoms with Crippen LogP contribution in [0.5, 0.6) is 0 Å². The maximum Gasteiger partial charge on any atom is 0.0922 e. The van der Waals surface area contributed by atoms with Crippen LogP contribution in [0.2, 0.25) is 0 Å². The minimum atomic E-state index is -0.224. The van der Waals surface area contributed by atoms with Crippen LogP contribution < -0.4 is 5.73 Å². The van der Waals surface area contributed by atoms with Crippen LogP contribution in [0.25, 0.3) is 0 Å². The lowest BCUT2D eigenvalue weighted by Crippen LogP contribution is -2.17. The first kappa shape index (κ1) is 10.3. The molecule has 15 heavy (non-hydrogen) atoms. The fourth-order valence-electron chi connectivity index (χ4n) is 1.42. The van der Waals surface area contributed by atoms with Crippen molar-refractivity contribution < 1.29 is 0 Å². The van der Waals surface area contributed by atoms with Crippen LogP contribution in [0.4, 0.5) is 0 Å². The van der Waals surface area contributed by atoms with Crippen molar-refractivity contribution >= 4 is 11.3 Å². The van der Waals surface area contributed by atoms with E-state index < -0.39 is 0 Å². The Bertz CT molecular complexity index is 408. The van der Waals surface area contributed by atoms with E-state index in [1.165, 1.54) is 0 Å². The summed E-state index contributed by atoms with van der Waals surface area (Å²) in [7, 11) is 0. The molecule has 0 aliphatic rings. The third-order valence-corrected chi connectivity index (χ3v) is 2.78. The van der Waals surface area contributed by atoms with Gasteiger partial charge in [-0.05, 0) is 6.42 Å². The number of nitrogens with two attached hydrogens (primary N) is 1. The Balaban J connectivity index is 2.25. The molecule has 2 heterocycles. The number of aromatic nitrogens is 4. The zero-order valence-corrected chi connectivity index (χ0v) is 9.31. The van der Waals surface area contributed by atoms with Crippen LogP contribution >= 0.6 is 11.3 Å². The topological polar surface area (TPSA) is 69.6 Å². The highest BCUT2D eigenvalue weighted by Gasteiger charge is 2.15. The zero-order chi connectivity index (χ0) is 10.7. The molecule has 6 heteroatoms. The highest BCUT2D eigenvalue weighted by atomic mass is 32.1. The molecule has 0 fully saturated rings. The first-order chi connectivity index (χ1) is 7.33. The number of hydrogen-bond donors (Lipinski definition) is 1. The molecule has 0 aromatic carbocycles. The van der Waals surface area contributed by atoms with Gasteiger partial charge in [0.1, 0.15) is 0 Å². The van der Waals surface area contributed by atoms with Crippen molar-refractivity contribution in [3.05, 3.63) is 28.5 Å². The van der Waals surface area contributed by atoms with Gasteiger partial charge in [-0.25, -0.2) is 9.67 Å². The van der Waals surface area contributed by atoms with Crippen LogP contribution in [-0.2, 0) is 6.54 Å². The normalized spacial score (nSPS) is 12.9. The Hall–Kier alpha value is -1.27. The van der Waals surface area contributed by atoms with Crippen molar-refractivity contribution in [3.63, 3.8) is 0 Å². The smallest absolute Gasteiger partial charge is 0.0922 e. The third kappa shape index (κ3) is 2.05. The first-order valence-corrected chi connectivity index (χ1v) is 5.79. The lowest BCUT2D eigenvalue weighted by atomic mass is 10.2. The summed E-state index contributed by atoms with van der Waals surface area (Å²) in [4.78, 5) is 4.20. The van der Waals surface area contributed by atoms with E-state index in [2.05, 4.69) is 22.2 Å². The predicted molar refractivity (Wildman–Crippen MR) is 58.5 cm³/mol. The second kappa shape index (κ2) is 4.50. The molecule has 2 aromatic heterocycles. The number of rotatable bonds is 4. The van der Waals surface area contributed by atoms with E-state index in [4.69, 9.17) is 5.73 Å². The Morgan fingerprint density at radius 2 is 2.47 bits per heavy atom. The molecule has 2 rings (SSSR count). The number of aryl methyl sites for hydroxylation is 1. The van der Waals surface area contributed by atoms with E-state index >= 15 is 0 Å². The third-order valence-electron chi connectivity index (χ3n) is 2.17. The molecular weight excluding hydrogens is 210 g/mol. The quantitative estimate of drug-likeness (QED) is 0.845. The van der Waals surface area contributed by atoms with Crippen LogP contribution in [0.1, 0.15) is 30.8 Å². The molecule has 0 amide bonds. The number of hydrogen-bond acceptors (Lipinski definition) is 5. The van der Waals surface area contributed by atoms with Gasteiger partial charge in [-0.1, -0.05) is 12.1 Å². The molecule has 1 atom stereocenters. The zero-order valence-electron chi connectivity index (χ0n) is 8.50. The van der Waals surface area contributed by atoms with Crippen molar-refractivity contribution in [2.24, 2.45) is 5.73 Å². The van der Waals surface area contributed by atoms with Crippen LogP contribution in [0, 0.1) is 0 Å². The van der Waals surface area contributed by atoms with Crippen LogP contribution in [0.3, 0.4) is 0 Å². The molecule has 0 spiro atoms. The summed E-state index contributed by atoms with van der Waals surface area (Å²) < 4.78 is 1.84. The fraction of sp³-hybridized carbons (Fsp3) is 0.444. The van der Waals surface area contributed by atoms with Gasteiger partial charge in [-0.15, -0.1) is 16.4 Å². The predicted octanol–water partition coefficient (Wildman–Crippen LogP) is 1.19. The van der Waals surface area contributed by atoms with Gasteiger partial charge in [-0.3, -0.25) is 0 Å². The monoisotopic (exact) mass is 223 g/mol. The van der Waals surface area contributed by atoms with Gasteiger partial charge in [0, 0.05) is 11.9 Å². The highest BCUT2D eigenvalue weighted by Crippen LogP contribution is 2.18. The minimum Gasteiger partial charge on any atom is -0.318 e. The molecule has 0 saturated carbocycles. The van der Waals surface area contributed by atoms with E-state index in [1.54, 1.807) is 23.0 Å². The fourth-order valence-corrected chi connectivity index (χ4v) is 2.01. The lowest BCUT2D eigenvalue weighted by Gasteiger charge is -2.10. The van der Waals surface area contributed by atoms with E-state index in [9.17, 15) is 0 Å². The second-order valence-corrected chi connectivity index (χ2v) is 3.99. The summed E-state index contributed by atoms with van der Waals surface area (Å²) in [5.74, 6) is 0. The van der Waals surface area contributed by atoms with Crippen molar-refractivity contribution in [3.8, 4) is 0 Å². The van der Waals surface area contributed by atoms with Crippen molar-refractivity contribution in [2.75, 3.05) is 0 Å². The van der Waals surface area contributed by atoms with Gasteiger partial charge in [0.05, 0.1) is 29.1 Å². The standard InChI is InChI=1S/C9H13N5S/c1-2-3-14-8(4-12-13-14)9(10)7-5-15-6-11-7/h4-6,9H,2-3,10H2,1H3. The summed E-state index contributed by atoms with van der Waals surface area (Å²) in [6.45, 7) is 2.94. The molecule has 1 unspecified atom stereocenters. The molecule has 0 aliphatic heterocycles. The van der Waals surface area contributed by atoms with Gasteiger partial charge < -0.3 is 5.73 Å². The maximum atomic E-state index is 6.08. The van der Waals surface area contributed by atoms with Gasteiger partial charge in [0.25, 0.3) is 0 Å². The molecule has 0 aliphatic carbocycles. The maximum absolute atomic E-state index is 6.08. The largest absolute Gasteiger partial charge is 0.318 e. The van der Waals surface area contributed by atoms with E-state index in [1.807, 2.05) is 10.1 Å². The van der Waals surface area contributed by atoms with E-state index in [0.29, 0.717) is 0 Å². The van der Waals surface area contributed by atoms with Gasteiger partial charge >= 0.3 is 0 Å². The van der Waals surface area contributed by atoms with Crippen LogP contribution in [-0.4, -0.2) is 20.0 Å². The molecule has 2 N–H and O–H groups in total. The molecule has 0 radical (unpaired) electrons. The average Bonchev–Trinajstić information content (AvgIpc) is 2.87. The summed E-state index contributed by atoms with van der Waals surface area (Å²) >= 11 is 1.54. The summed E-state index contributed by atoms with van der Waals surface area (Å²) in [6, 6.07) is -0.224. The SMILES string of the molecule is CCCn1nncc1C(N)c1cscn1. The summed E-state index contributed by atoms with van der Waals surface area (Å²) in [6.07, 6.45) is 2.72. The highest BCUT2D eigenvalue weighted by molar-refractivity contribution is 7.07. The molecule has 5 nitrogen and oxygen atoms in total. The van der Waals surface area contributed by atoms with Gasteiger partial charge in [-0.2, -0.15) is 0 Å². The van der Waals surface area contributed by atoms with E-state index in [-0.39, 0.29) is 6.04 Å². The summed E-state index contributed by atoms with van der Waals surface area (Å²) in [5.41, 5.74) is 9.65. The van der Waals surface area contributed by atoms with E-state index in [0.717, 1.165) is 24.4 Å². The minimum absolute atomic E-state index is 0.224. The molecule has 0 bridgehead atoms. The Morgan fingerprint density at radius 3 is 3.13 bits per heavy atom. The Morgan fingerprint density at radius 1 is 1.60 bits per heavy atom. The first-order valence-electron chi connectivity index (χ1n) is 4.85. The number of nitrogens with zero attached hydrogens (tertiary/aromatic N) is 4.